The summed E-state index contributed by atoms with van der Waals surface area (Å²) in [5.74, 6) is 0.646. The fourth-order valence-electron chi connectivity index (χ4n) is 2.03. The van der Waals surface area contributed by atoms with Crippen LogP contribution >= 0.6 is 0 Å². The molecule has 0 aromatic carbocycles. The van der Waals surface area contributed by atoms with E-state index < -0.39 is 0 Å². The summed E-state index contributed by atoms with van der Waals surface area (Å²) >= 11 is 0. The van der Waals surface area contributed by atoms with Crippen molar-refractivity contribution in [1.82, 2.24) is 15.3 Å². The number of rotatable bonds is 4. The quantitative estimate of drug-likeness (QED) is 0.661. The van der Waals surface area contributed by atoms with Crippen LogP contribution < -0.4 is 5.32 Å². The van der Waals surface area contributed by atoms with Gasteiger partial charge in [0.2, 0.25) is 0 Å². The van der Waals surface area contributed by atoms with Crippen molar-refractivity contribution in [2.24, 2.45) is 5.92 Å². The lowest BCUT2D eigenvalue weighted by Crippen LogP contribution is -2.21. The number of hydrogen-bond donors (Lipinski definition) is 3. The van der Waals surface area contributed by atoms with E-state index in [1.54, 1.807) is 6.33 Å². The normalized spacial score (nSPS) is 26.9. The number of aliphatic hydroxyl groups excluding tert-OH is 1. The zero-order valence-electron chi connectivity index (χ0n) is 8.24. The molecule has 0 saturated heterocycles. The first-order chi connectivity index (χ1) is 6.84. The lowest BCUT2D eigenvalue weighted by molar-refractivity contribution is 0.177. The van der Waals surface area contributed by atoms with E-state index in [1.807, 2.05) is 6.20 Å². The Bertz CT molecular complexity index is 260. The molecule has 78 valence electrons. The fourth-order valence-corrected chi connectivity index (χ4v) is 2.03. The molecular formula is C10H17N3O. The third-order valence-corrected chi connectivity index (χ3v) is 2.82. The lowest BCUT2D eigenvalue weighted by Gasteiger charge is -2.09. The zero-order valence-corrected chi connectivity index (χ0v) is 8.24. The van der Waals surface area contributed by atoms with Crippen molar-refractivity contribution in [2.75, 3.05) is 6.54 Å². The molecule has 1 saturated carbocycles. The first-order valence-corrected chi connectivity index (χ1v) is 5.20. The van der Waals surface area contributed by atoms with Gasteiger partial charge in [-0.15, -0.1) is 0 Å². The van der Waals surface area contributed by atoms with Crippen molar-refractivity contribution in [1.29, 1.82) is 0 Å². The second-order valence-electron chi connectivity index (χ2n) is 4.04. The molecule has 4 heteroatoms. The number of nitrogens with one attached hydrogen (secondary N) is 2. The van der Waals surface area contributed by atoms with Crippen LogP contribution in [-0.2, 0) is 6.54 Å². The molecule has 2 unspecified atom stereocenters. The highest BCUT2D eigenvalue weighted by atomic mass is 16.3. The van der Waals surface area contributed by atoms with Crippen molar-refractivity contribution in [3.05, 3.63) is 18.2 Å². The van der Waals surface area contributed by atoms with Gasteiger partial charge in [0.25, 0.3) is 0 Å². The van der Waals surface area contributed by atoms with E-state index in [4.69, 9.17) is 0 Å². The monoisotopic (exact) mass is 195 g/mol. The van der Waals surface area contributed by atoms with Gasteiger partial charge in [0.05, 0.1) is 12.4 Å². The molecule has 14 heavy (non-hydrogen) atoms. The summed E-state index contributed by atoms with van der Waals surface area (Å²) in [7, 11) is 0. The molecule has 0 radical (unpaired) electrons. The van der Waals surface area contributed by atoms with Gasteiger partial charge < -0.3 is 15.4 Å². The molecule has 0 spiro atoms. The third kappa shape index (κ3) is 2.56. The highest BCUT2D eigenvalue weighted by Crippen LogP contribution is 2.24. The standard InChI is InChI=1S/C10H17N3O/c14-10-2-1-8(3-10)4-11-5-9-6-12-7-13-9/h6-8,10-11,14H,1-5H2,(H,12,13). The molecule has 0 aliphatic heterocycles. The molecule has 4 nitrogen and oxygen atoms in total. The van der Waals surface area contributed by atoms with Crippen LogP contribution in [-0.4, -0.2) is 27.7 Å². The van der Waals surface area contributed by atoms with Gasteiger partial charge in [-0.25, -0.2) is 4.98 Å². The van der Waals surface area contributed by atoms with E-state index in [2.05, 4.69) is 15.3 Å². The first kappa shape index (κ1) is 9.68. The maximum Gasteiger partial charge on any atom is 0.0922 e. The number of imidazole rings is 1. The van der Waals surface area contributed by atoms with Crippen molar-refractivity contribution < 1.29 is 5.11 Å². The Hall–Kier alpha value is -0.870. The highest BCUT2D eigenvalue weighted by molar-refractivity contribution is 4.93. The predicted octanol–water partition coefficient (Wildman–Crippen LogP) is 0.660. The summed E-state index contributed by atoms with van der Waals surface area (Å²) < 4.78 is 0. The topological polar surface area (TPSA) is 60.9 Å². The Morgan fingerprint density at radius 2 is 2.50 bits per heavy atom. The van der Waals surface area contributed by atoms with Crippen LogP contribution in [0.1, 0.15) is 25.0 Å². The van der Waals surface area contributed by atoms with E-state index in [0.717, 1.165) is 38.0 Å². The van der Waals surface area contributed by atoms with E-state index in [0.29, 0.717) is 5.92 Å². The van der Waals surface area contributed by atoms with Crippen LogP contribution in [0.5, 0.6) is 0 Å². The predicted molar refractivity (Wildman–Crippen MR) is 53.6 cm³/mol. The minimum atomic E-state index is -0.0612. The summed E-state index contributed by atoms with van der Waals surface area (Å²) in [5.41, 5.74) is 1.11. The smallest absolute Gasteiger partial charge is 0.0922 e. The molecule has 1 heterocycles. The molecule has 0 bridgehead atoms. The van der Waals surface area contributed by atoms with Gasteiger partial charge in [0.15, 0.2) is 0 Å². The molecule has 2 rings (SSSR count). The maximum atomic E-state index is 9.34. The van der Waals surface area contributed by atoms with Crippen LogP contribution in [0.3, 0.4) is 0 Å². The molecular weight excluding hydrogens is 178 g/mol. The summed E-state index contributed by atoms with van der Waals surface area (Å²) in [6.45, 7) is 1.84. The molecule has 1 aromatic heterocycles. The largest absolute Gasteiger partial charge is 0.393 e. The highest BCUT2D eigenvalue weighted by Gasteiger charge is 2.21. The van der Waals surface area contributed by atoms with Crippen LogP contribution in [0, 0.1) is 5.92 Å². The van der Waals surface area contributed by atoms with Crippen LogP contribution in [0.25, 0.3) is 0 Å². The molecule has 1 aromatic rings. The van der Waals surface area contributed by atoms with Crippen molar-refractivity contribution in [3.8, 4) is 0 Å². The second-order valence-corrected chi connectivity index (χ2v) is 4.04. The molecule has 2 atom stereocenters. The Kier molecular flexibility index (Phi) is 3.16. The number of H-pyrrole nitrogens is 1. The average Bonchev–Trinajstić information content (AvgIpc) is 2.77. The summed E-state index contributed by atoms with van der Waals surface area (Å²) in [6.07, 6.45) is 6.53. The van der Waals surface area contributed by atoms with Gasteiger partial charge in [-0.3, -0.25) is 0 Å². The summed E-state index contributed by atoms with van der Waals surface area (Å²) in [6, 6.07) is 0. The molecule has 3 N–H and O–H groups in total. The van der Waals surface area contributed by atoms with Crippen molar-refractivity contribution in [2.45, 2.75) is 31.9 Å². The zero-order chi connectivity index (χ0) is 9.80. The Morgan fingerprint density at radius 1 is 1.57 bits per heavy atom. The molecule has 1 aliphatic carbocycles. The van der Waals surface area contributed by atoms with Crippen LogP contribution in [0.15, 0.2) is 12.5 Å². The minimum Gasteiger partial charge on any atom is -0.393 e. The van der Waals surface area contributed by atoms with E-state index >= 15 is 0 Å². The fraction of sp³-hybridized carbons (Fsp3) is 0.700. The second kappa shape index (κ2) is 4.57. The van der Waals surface area contributed by atoms with Gasteiger partial charge in [0, 0.05) is 18.4 Å². The number of nitrogens with zero attached hydrogens (tertiary/aromatic N) is 1. The van der Waals surface area contributed by atoms with E-state index in [1.165, 1.54) is 0 Å². The first-order valence-electron chi connectivity index (χ1n) is 5.20. The summed E-state index contributed by atoms with van der Waals surface area (Å²) in [4.78, 5) is 7.00. The molecule has 0 amide bonds. The molecule has 1 aliphatic rings. The van der Waals surface area contributed by atoms with Gasteiger partial charge in [0.1, 0.15) is 0 Å². The Labute approximate surface area is 83.8 Å². The maximum absolute atomic E-state index is 9.34. The summed E-state index contributed by atoms with van der Waals surface area (Å²) in [5, 5.41) is 12.7. The number of hydrogen-bond acceptors (Lipinski definition) is 3. The van der Waals surface area contributed by atoms with Gasteiger partial charge >= 0.3 is 0 Å². The SMILES string of the molecule is OC1CCC(CNCc2cnc[nH]2)C1. The van der Waals surface area contributed by atoms with Crippen LogP contribution in [0.2, 0.25) is 0 Å². The van der Waals surface area contributed by atoms with Gasteiger partial charge in [-0.05, 0) is 31.7 Å². The number of aliphatic hydroxyl groups is 1. The van der Waals surface area contributed by atoms with Crippen molar-refractivity contribution >= 4 is 0 Å². The average molecular weight is 195 g/mol. The number of aromatic amines is 1. The number of aromatic nitrogens is 2. The van der Waals surface area contributed by atoms with E-state index in [-0.39, 0.29) is 6.10 Å². The lowest BCUT2D eigenvalue weighted by atomic mass is 10.1. The Balaban J connectivity index is 1.64. The van der Waals surface area contributed by atoms with Crippen molar-refractivity contribution in [3.63, 3.8) is 0 Å². The van der Waals surface area contributed by atoms with Gasteiger partial charge in [-0.2, -0.15) is 0 Å². The minimum absolute atomic E-state index is 0.0612. The van der Waals surface area contributed by atoms with Crippen LogP contribution in [0.4, 0.5) is 0 Å². The van der Waals surface area contributed by atoms with Gasteiger partial charge in [-0.1, -0.05) is 0 Å². The van der Waals surface area contributed by atoms with E-state index in [9.17, 15) is 5.11 Å². The molecule has 1 fully saturated rings. The Morgan fingerprint density at radius 3 is 3.14 bits per heavy atom. The third-order valence-electron chi connectivity index (χ3n) is 2.82.